The molecule has 1 aliphatic carbocycles. The maximum atomic E-state index is 12.6. The van der Waals surface area contributed by atoms with E-state index >= 15 is 0 Å². The summed E-state index contributed by atoms with van der Waals surface area (Å²) in [4.78, 5) is 12.7. The van der Waals surface area contributed by atoms with Gasteiger partial charge in [-0.2, -0.15) is 0 Å². The van der Waals surface area contributed by atoms with E-state index < -0.39 is 26.0 Å². The van der Waals surface area contributed by atoms with Gasteiger partial charge in [0.1, 0.15) is 0 Å². The minimum absolute atomic E-state index is 0.0494. The second-order valence-electron chi connectivity index (χ2n) is 7.56. The first-order valence-corrected chi connectivity index (χ1v) is 12.9. The zero-order valence-electron chi connectivity index (χ0n) is 15.9. The van der Waals surface area contributed by atoms with Gasteiger partial charge in [0.05, 0.1) is 11.2 Å². The van der Waals surface area contributed by atoms with Crippen LogP contribution in [0.1, 0.15) is 48.9 Å². The molecule has 0 radical (unpaired) electrons. The Morgan fingerprint density at radius 1 is 1.04 bits per heavy atom. The van der Waals surface area contributed by atoms with Crippen molar-refractivity contribution < 1.29 is 21.6 Å². The Bertz CT molecular complexity index is 924. The van der Waals surface area contributed by atoms with Gasteiger partial charge in [0.2, 0.25) is 20.0 Å². The highest BCUT2D eigenvalue weighted by atomic mass is 32.2. The van der Waals surface area contributed by atoms with E-state index in [4.69, 9.17) is 0 Å². The molecule has 0 aromatic heterocycles. The third-order valence-electron chi connectivity index (χ3n) is 5.27. The molecule has 2 N–H and O–H groups in total. The minimum Gasteiger partial charge on any atom is -0.348 e. The molecule has 1 atom stereocenters. The Kier molecular flexibility index (Phi) is 6.43. The minimum atomic E-state index is -3.68. The van der Waals surface area contributed by atoms with Gasteiger partial charge in [-0.05, 0) is 43.9 Å². The molecule has 1 saturated carbocycles. The molecule has 28 heavy (non-hydrogen) atoms. The zero-order chi connectivity index (χ0) is 20.4. The summed E-state index contributed by atoms with van der Waals surface area (Å²) >= 11 is 0. The average molecular weight is 430 g/mol. The SMILES string of the molecule is CS(=O)(=O)N1CCCC(NC(=O)c2cccc(S(=O)(=O)NC3CCCC3)c2)C1. The van der Waals surface area contributed by atoms with Crippen LogP contribution in [-0.2, 0) is 20.0 Å². The molecule has 1 unspecified atom stereocenters. The van der Waals surface area contributed by atoms with E-state index in [0.717, 1.165) is 31.9 Å². The summed E-state index contributed by atoms with van der Waals surface area (Å²) in [5.41, 5.74) is 0.241. The summed E-state index contributed by atoms with van der Waals surface area (Å²) in [6, 6.07) is 5.59. The summed E-state index contributed by atoms with van der Waals surface area (Å²) in [5.74, 6) is -0.404. The monoisotopic (exact) mass is 429 g/mol. The van der Waals surface area contributed by atoms with E-state index in [1.807, 2.05) is 0 Å². The van der Waals surface area contributed by atoms with Gasteiger partial charge >= 0.3 is 0 Å². The summed E-state index contributed by atoms with van der Waals surface area (Å²) < 4.78 is 52.7. The molecular formula is C18H27N3O5S2. The van der Waals surface area contributed by atoms with Crippen molar-refractivity contribution in [2.45, 2.75) is 55.5 Å². The van der Waals surface area contributed by atoms with Crippen LogP contribution in [0.4, 0.5) is 0 Å². The number of hydrogen-bond donors (Lipinski definition) is 2. The van der Waals surface area contributed by atoms with Gasteiger partial charge in [0.25, 0.3) is 5.91 Å². The van der Waals surface area contributed by atoms with Gasteiger partial charge in [-0.25, -0.2) is 25.9 Å². The normalized spacial score (nSPS) is 22.2. The van der Waals surface area contributed by atoms with Crippen LogP contribution in [0.3, 0.4) is 0 Å². The lowest BCUT2D eigenvalue weighted by molar-refractivity contribution is 0.0921. The fourth-order valence-electron chi connectivity index (χ4n) is 3.77. The average Bonchev–Trinajstić information content (AvgIpc) is 3.13. The first-order valence-electron chi connectivity index (χ1n) is 9.53. The molecule has 0 bridgehead atoms. The molecule has 1 heterocycles. The van der Waals surface area contributed by atoms with Crippen LogP contribution in [-0.4, -0.2) is 58.5 Å². The van der Waals surface area contributed by atoms with E-state index in [-0.39, 0.29) is 29.1 Å². The first-order chi connectivity index (χ1) is 13.1. The van der Waals surface area contributed by atoms with Gasteiger partial charge < -0.3 is 5.32 Å². The van der Waals surface area contributed by atoms with Crippen molar-refractivity contribution >= 4 is 26.0 Å². The maximum Gasteiger partial charge on any atom is 0.251 e. The lowest BCUT2D eigenvalue weighted by atomic mass is 10.1. The van der Waals surface area contributed by atoms with Crippen LogP contribution in [0.15, 0.2) is 29.2 Å². The van der Waals surface area contributed by atoms with E-state index in [0.29, 0.717) is 19.4 Å². The second-order valence-corrected chi connectivity index (χ2v) is 11.3. The Hall–Kier alpha value is -1.49. The highest BCUT2D eigenvalue weighted by Crippen LogP contribution is 2.21. The fraction of sp³-hybridized carbons (Fsp3) is 0.611. The van der Waals surface area contributed by atoms with Crippen molar-refractivity contribution in [2.75, 3.05) is 19.3 Å². The van der Waals surface area contributed by atoms with Gasteiger partial charge in [0, 0.05) is 30.7 Å². The Balaban J connectivity index is 1.68. The lowest BCUT2D eigenvalue weighted by Gasteiger charge is -2.31. The summed E-state index contributed by atoms with van der Waals surface area (Å²) in [6.07, 6.45) is 6.19. The van der Waals surface area contributed by atoms with Gasteiger partial charge in [0.15, 0.2) is 0 Å². The van der Waals surface area contributed by atoms with Crippen LogP contribution in [0.2, 0.25) is 0 Å². The number of sulfonamides is 2. The Labute approximate surface area is 166 Å². The number of benzene rings is 1. The molecule has 1 amide bonds. The number of carbonyl (C=O) groups excluding carboxylic acids is 1. The molecular weight excluding hydrogens is 402 g/mol. The largest absolute Gasteiger partial charge is 0.348 e. The quantitative estimate of drug-likeness (QED) is 0.702. The highest BCUT2D eigenvalue weighted by molar-refractivity contribution is 7.89. The van der Waals surface area contributed by atoms with Crippen LogP contribution in [0.25, 0.3) is 0 Å². The van der Waals surface area contributed by atoms with E-state index in [1.165, 1.54) is 16.4 Å². The lowest BCUT2D eigenvalue weighted by Crippen LogP contribution is -2.49. The highest BCUT2D eigenvalue weighted by Gasteiger charge is 2.28. The number of rotatable bonds is 6. The van der Waals surface area contributed by atoms with Crippen molar-refractivity contribution in [1.82, 2.24) is 14.3 Å². The molecule has 10 heteroatoms. The van der Waals surface area contributed by atoms with E-state index in [2.05, 4.69) is 10.0 Å². The predicted octanol–water partition coefficient (Wildman–Crippen LogP) is 1.06. The van der Waals surface area contributed by atoms with Crippen LogP contribution >= 0.6 is 0 Å². The molecule has 1 aromatic rings. The van der Waals surface area contributed by atoms with E-state index in [1.54, 1.807) is 12.1 Å². The first kappa shape index (κ1) is 21.2. The van der Waals surface area contributed by atoms with Crippen molar-refractivity contribution in [3.05, 3.63) is 29.8 Å². The number of amides is 1. The molecule has 3 rings (SSSR count). The number of carbonyl (C=O) groups is 1. The van der Waals surface area contributed by atoms with Crippen molar-refractivity contribution in [3.8, 4) is 0 Å². The predicted molar refractivity (Wildman–Crippen MR) is 106 cm³/mol. The van der Waals surface area contributed by atoms with Crippen molar-refractivity contribution in [2.24, 2.45) is 0 Å². The number of hydrogen-bond acceptors (Lipinski definition) is 5. The van der Waals surface area contributed by atoms with Crippen molar-refractivity contribution in [1.29, 1.82) is 0 Å². The third kappa shape index (κ3) is 5.31. The summed E-state index contributed by atoms with van der Waals surface area (Å²) in [5, 5.41) is 2.83. The Morgan fingerprint density at radius 2 is 1.71 bits per heavy atom. The molecule has 1 saturated heterocycles. The summed E-state index contributed by atoms with van der Waals surface area (Å²) in [7, 11) is -6.98. The molecule has 0 spiro atoms. The van der Waals surface area contributed by atoms with Crippen molar-refractivity contribution in [3.63, 3.8) is 0 Å². The maximum absolute atomic E-state index is 12.6. The topological polar surface area (TPSA) is 113 Å². The molecule has 1 aliphatic heterocycles. The van der Waals surface area contributed by atoms with Gasteiger partial charge in [-0.15, -0.1) is 0 Å². The standard InChI is InChI=1S/C18H27N3O5S2/c1-27(23,24)21-11-5-9-16(13-21)19-18(22)14-6-4-10-17(12-14)28(25,26)20-15-7-2-3-8-15/h4,6,10,12,15-16,20H,2-3,5,7-9,11,13H2,1H3,(H,19,22). The number of nitrogens with zero attached hydrogens (tertiary/aromatic N) is 1. The smallest absolute Gasteiger partial charge is 0.251 e. The van der Waals surface area contributed by atoms with Gasteiger partial charge in [-0.3, -0.25) is 4.79 Å². The molecule has 2 fully saturated rings. The number of nitrogens with one attached hydrogen (secondary N) is 2. The fourth-order valence-corrected chi connectivity index (χ4v) is 6.03. The second kappa shape index (κ2) is 8.48. The molecule has 8 nitrogen and oxygen atoms in total. The molecule has 2 aliphatic rings. The van der Waals surface area contributed by atoms with E-state index in [9.17, 15) is 21.6 Å². The Morgan fingerprint density at radius 3 is 2.39 bits per heavy atom. The van der Waals surface area contributed by atoms with Crippen LogP contribution < -0.4 is 10.0 Å². The van der Waals surface area contributed by atoms with Crippen LogP contribution in [0.5, 0.6) is 0 Å². The third-order valence-corrected chi connectivity index (χ3v) is 8.06. The zero-order valence-corrected chi connectivity index (χ0v) is 17.6. The van der Waals surface area contributed by atoms with Gasteiger partial charge in [-0.1, -0.05) is 18.9 Å². The van der Waals surface area contributed by atoms with Crippen LogP contribution in [0, 0.1) is 0 Å². The molecule has 156 valence electrons. The number of piperidine rings is 1. The summed E-state index contributed by atoms with van der Waals surface area (Å²) in [6.45, 7) is 0.678. The molecule has 1 aromatic carbocycles.